The third-order valence-electron chi connectivity index (χ3n) is 5.19. The Balaban J connectivity index is 1.56. The molecule has 2 aromatic rings. The maximum atomic E-state index is 12.7. The molecule has 0 bridgehead atoms. The molecule has 1 saturated heterocycles. The van der Waals surface area contributed by atoms with Crippen molar-refractivity contribution in [1.82, 2.24) is 25.8 Å². The second kappa shape index (κ2) is 10.9. The number of aldehydes is 1. The standard InChI is InChI=1S/C22H23N5O6/c28-11-9-24-18(29)12-25-22(33)20(31)17-6-3-10-27(17)19(30)13-26-21(32)15-7-8-23-16-5-2-1-4-14(15)16/h1-2,4-5,7-8,11,17H,3,6,9-10,12-13H2,(H,24,29)(H,25,33)(H,26,32)/t17-/m0/s1. The highest BCUT2D eigenvalue weighted by Crippen LogP contribution is 2.19. The molecule has 0 radical (unpaired) electrons. The molecule has 11 nitrogen and oxygen atoms in total. The van der Waals surface area contributed by atoms with Gasteiger partial charge in [-0.3, -0.25) is 29.0 Å². The number of aromatic nitrogens is 1. The van der Waals surface area contributed by atoms with Crippen LogP contribution >= 0.6 is 0 Å². The van der Waals surface area contributed by atoms with Crippen LogP contribution in [0.1, 0.15) is 23.2 Å². The number of carbonyl (C=O) groups is 6. The Morgan fingerprint density at radius 1 is 1.03 bits per heavy atom. The molecule has 1 aromatic heterocycles. The van der Waals surface area contributed by atoms with E-state index in [1.807, 2.05) is 0 Å². The summed E-state index contributed by atoms with van der Waals surface area (Å²) >= 11 is 0. The van der Waals surface area contributed by atoms with Gasteiger partial charge in [0.25, 0.3) is 11.8 Å². The predicted octanol–water partition coefficient (Wildman–Crippen LogP) is -1.04. The number of carbonyl (C=O) groups excluding carboxylic acids is 6. The Morgan fingerprint density at radius 3 is 2.61 bits per heavy atom. The number of Topliss-reactive ketones (excluding diaryl/α,β-unsaturated/α-hetero) is 1. The summed E-state index contributed by atoms with van der Waals surface area (Å²) in [5.41, 5.74) is 1.02. The number of nitrogens with one attached hydrogen (secondary N) is 3. The summed E-state index contributed by atoms with van der Waals surface area (Å²) in [5, 5.41) is 7.63. The molecule has 0 unspecified atom stereocenters. The first-order valence-corrected chi connectivity index (χ1v) is 10.4. The maximum absolute atomic E-state index is 12.7. The van der Waals surface area contributed by atoms with Crippen LogP contribution < -0.4 is 16.0 Å². The number of benzene rings is 1. The summed E-state index contributed by atoms with van der Waals surface area (Å²) in [6.45, 7) is -0.727. The summed E-state index contributed by atoms with van der Waals surface area (Å²) in [6, 6.07) is 7.71. The summed E-state index contributed by atoms with van der Waals surface area (Å²) < 4.78 is 0. The Kier molecular flexibility index (Phi) is 7.79. The van der Waals surface area contributed by atoms with Gasteiger partial charge in [0.2, 0.25) is 17.6 Å². The van der Waals surface area contributed by atoms with E-state index >= 15 is 0 Å². The third-order valence-corrected chi connectivity index (χ3v) is 5.19. The number of hydrogen-bond donors (Lipinski definition) is 3. The average Bonchev–Trinajstić information content (AvgIpc) is 3.33. The number of hydrogen-bond acceptors (Lipinski definition) is 7. The van der Waals surface area contributed by atoms with Crippen LogP contribution in [0, 0.1) is 0 Å². The molecule has 172 valence electrons. The molecular formula is C22H23N5O6. The van der Waals surface area contributed by atoms with Crippen molar-refractivity contribution in [3.63, 3.8) is 0 Å². The van der Waals surface area contributed by atoms with Crippen molar-refractivity contribution in [3.8, 4) is 0 Å². The van der Waals surface area contributed by atoms with E-state index in [1.54, 1.807) is 30.3 Å². The number of amides is 4. The van der Waals surface area contributed by atoms with Crippen LogP contribution in [0.15, 0.2) is 36.5 Å². The van der Waals surface area contributed by atoms with Crippen molar-refractivity contribution in [3.05, 3.63) is 42.1 Å². The van der Waals surface area contributed by atoms with E-state index in [9.17, 15) is 28.8 Å². The largest absolute Gasteiger partial charge is 0.348 e. The van der Waals surface area contributed by atoms with E-state index in [2.05, 4.69) is 20.9 Å². The fourth-order valence-electron chi connectivity index (χ4n) is 3.60. The van der Waals surface area contributed by atoms with Gasteiger partial charge in [0.05, 0.1) is 30.7 Å². The summed E-state index contributed by atoms with van der Waals surface area (Å²) in [4.78, 5) is 77.1. The topological polar surface area (TPSA) is 155 Å². The molecule has 11 heteroatoms. The molecule has 0 saturated carbocycles. The Bertz CT molecular complexity index is 1100. The highest BCUT2D eigenvalue weighted by atomic mass is 16.2. The lowest BCUT2D eigenvalue weighted by atomic mass is 10.1. The fraction of sp³-hybridized carbons (Fsp3) is 0.318. The van der Waals surface area contributed by atoms with Crippen LogP contribution in [0.2, 0.25) is 0 Å². The fourth-order valence-corrected chi connectivity index (χ4v) is 3.60. The van der Waals surface area contributed by atoms with Crippen LogP contribution in [0.3, 0.4) is 0 Å². The van der Waals surface area contributed by atoms with Gasteiger partial charge in [-0.05, 0) is 25.0 Å². The third kappa shape index (κ3) is 5.76. The highest BCUT2D eigenvalue weighted by Gasteiger charge is 2.37. The molecule has 33 heavy (non-hydrogen) atoms. The number of fused-ring (bicyclic) bond motifs is 1. The first-order chi connectivity index (χ1) is 15.9. The minimum Gasteiger partial charge on any atom is -0.348 e. The highest BCUT2D eigenvalue weighted by molar-refractivity contribution is 6.38. The van der Waals surface area contributed by atoms with Gasteiger partial charge in [-0.25, -0.2) is 0 Å². The number of likely N-dealkylation sites (tertiary alicyclic amines) is 1. The van der Waals surface area contributed by atoms with Gasteiger partial charge in [0, 0.05) is 18.1 Å². The van der Waals surface area contributed by atoms with Gasteiger partial charge in [0.1, 0.15) is 12.3 Å². The summed E-state index contributed by atoms with van der Waals surface area (Å²) in [6.07, 6.45) is 2.82. The number of pyridine rings is 1. The molecule has 2 heterocycles. The van der Waals surface area contributed by atoms with Gasteiger partial charge in [-0.15, -0.1) is 0 Å². The van der Waals surface area contributed by atoms with E-state index in [4.69, 9.17) is 0 Å². The van der Waals surface area contributed by atoms with Gasteiger partial charge in [0.15, 0.2) is 0 Å². The van der Waals surface area contributed by atoms with Crippen LogP contribution in [0.5, 0.6) is 0 Å². The molecule has 1 aromatic carbocycles. The smallest absolute Gasteiger partial charge is 0.290 e. The minimum absolute atomic E-state index is 0.200. The molecular weight excluding hydrogens is 430 g/mol. The van der Waals surface area contributed by atoms with Crippen molar-refractivity contribution >= 4 is 46.6 Å². The lowest BCUT2D eigenvalue weighted by Crippen LogP contribution is -2.50. The molecule has 3 rings (SSSR count). The molecule has 4 amide bonds. The Hall–Kier alpha value is -4.15. The van der Waals surface area contributed by atoms with E-state index < -0.39 is 42.0 Å². The first-order valence-electron chi connectivity index (χ1n) is 10.4. The quantitative estimate of drug-likeness (QED) is 0.323. The molecule has 0 aliphatic carbocycles. The lowest BCUT2D eigenvalue weighted by Gasteiger charge is -2.23. The lowest BCUT2D eigenvalue weighted by molar-refractivity contribution is -0.144. The first kappa shape index (κ1) is 23.5. The Labute approximate surface area is 188 Å². The van der Waals surface area contributed by atoms with E-state index in [0.717, 1.165) is 0 Å². The van der Waals surface area contributed by atoms with Crippen LogP contribution in [0.25, 0.3) is 10.9 Å². The number of rotatable bonds is 9. The molecule has 1 aliphatic heterocycles. The number of para-hydroxylation sites is 1. The monoisotopic (exact) mass is 453 g/mol. The minimum atomic E-state index is -0.992. The van der Waals surface area contributed by atoms with Gasteiger partial charge in [-0.1, -0.05) is 18.2 Å². The van der Waals surface area contributed by atoms with Crippen molar-refractivity contribution in [2.45, 2.75) is 18.9 Å². The maximum Gasteiger partial charge on any atom is 0.290 e. The van der Waals surface area contributed by atoms with Gasteiger partial charge in [-0.2, -0.15) is 0 Å². The summed E-state index contributed by atoms with van der Waals surface area (Å²) in [7, 11) is 0. The second-order valence-corrected chi connectivity index (χ2v) is 7.32. The molecule has 1 aliphatic rings. The van der Waals surface area contributed by atoms with Crippen molar-refractivity contribution in [1.29, 1.82) is 0 Å². The predicted molar refractivity (Wildman–Crippen MR) is 116 cm³/mol. The Morgan fingerprint density at radius 2 is 1.82 bits per heavy atom. The molecule has 0 spiro atoms. The van der Waals surface area contributed by atoms with Gasteiger partial charge >= 0.3 is 0 Å². The van der Waals surface area contributed by atoms with Crippen molar-refractivity contribution in [2.24, 2.45) is 0 Å². The average molecular weight is 453 g/mol. The van der Waals surface area contributed by atoms with Crippen molar-refractivity contribution < 1.29 is 28.8 Å². The molecule has 1 atom stereocenters. The van der Waals surface area contributed by atoms with E-state index in [0.29, 0.717) is 35.6 Å². The summed E-state index contributed by atoms with van der Waals surface area (Å²) in [5.74, 6) is -3.39. The molecule has 3 N–H and O–H groups in total. The second-order valence-electron chi connectivity index (χ2n) is 7.32. The van der Waals surface area contributed by atoms with Crippen molar-refractivity contribution in [2.75, 3.05) is 26.2 Å². The van der Waals surface area contributed by atoms with E-state index in [1.165, 1.54) is 11.1 Å². The zero-order chi connectivity index (χ0) is 23.8. The van der Waals surface area contributed by atoms with Gasteiger partial charge < -0.3 is 25.6 Å². The number of ketones is 1. The zero-order valence-corrected chi connectivity index (χ0v) is 17.7. The van der Waals surface area contributed by atoms with Crippen LogP contribution in [0.4, 0.5) is 0 Å². The number of nitrogens with zero attached hydrogens (tertiary/aromatic N) is 2. The van der Waals surface area contributed by atoms with Crippen LogP contribution in [-0.2, 0) is 24.0 Å². The normalized spacial score (nSPS) is 15.0. The molecule has 1 fully saturated rings. The van der Waals surface area contributed by atoms with E-state index in [-0.39, 0.29) is 19.6 Å². The zero-order valence-electron chi connectivity index (χ0n) is 17.7. The SMILES string of the molecule is O=CCNC(=O)CNC(=O)C(=O)[C@@H]1CCCN1C(=O)CNC(=O)c1ccnc2ccccc12. The van der Waals surface area contributed by atoms with Crippen LogP contribution in [-0.4, -0.2) is 77.8 Å².